The quantitative estimate of drug-likeness (QED) is 0.657. The van der Waals surface area contributed by atoms with E-state index < -0.39 is 16.6 Å². The zero-order chi connectivity index (χ0) is 14.0. The first-order chi connectivity index (χ1) is 9.02. The molecular formula is C12H14FN3O3. The first-order valence-electron chi connectivity index (χ1n) is 5.96. The average Bonchev–Trinajstić information content (AvgIpc) is 2.86. The van der Waals surface area contributed by atoms with Crippen LogP contribution in [0.25, 0.3) is 0 Å². The van der Waals surface area contributed by atoms with Crippen molar-refractivity contribution in [1.82, 2.24) is 4.90 Å². The fourth-order valence-corrected chi connectivity index (χ4v) is 2.22. The number of amides is 1. The molecule has 2 rings (SSSR count). The van der Waals surface area contributed by atoms with Crippen LogP contribution in [-0.2, 0) is 0 Å². The van der Waals surface area contributed by atoms with Crippen molar-refractivity contribution >= 4 is 11.6 Å². The molecule has 0 bridgehead atoms. The summed E-state index contributed by atoms with van der Waals surface area (Å²) >= 11 is 0. The lowest BCUT2D eigenvalue weighted by molar-refractivity contribution is -0.385. The number of hydrogen-bond donors (Lipinski definition) is 1. The number of benzene rings is 1. The lowest BCUT2D eigenvalue weighted by Gasteiger charge is -2.16. The van der Waals surface area contributed by atoms with Crippen LogP contribution in [0.1, 0.15) is 16.8 Å². The maximum Gasteiger partial charge on any atom is 0.282 e. The van der Waals surface area contributed by atoms with Crippen LogP contribution >= 0.6 is 0 Å². The van der Waals surface area contributed by atoms with E-state index in [0.717, 1.165) is 24.6 Å². The number of nitro benzene ring substituents is 1. The van der Waals surface area contributed by atoms with Crippen LogP contribution < -0.4 is 5.73 Å². The average molecular weight is 267 g/mol. The van der Waals surface area contributed by atoms with Crippen molar-refractivity contribution in [3.63, 3.8) is 0 Å². The number of carbonyl (C=O) groups excluding carboxylic acids is 1. The highest BCUT2D eigenvalue weighted by Gasteiger charge is 2.30. The van der Waals surface area contributed by atoms with Crippen molar-refractivity contribution in [3.8, 4) is 0 Å². The maximum absolute atomic E-state index is 13.2. The van der Waals surface area contributed by atoms with Crippen molar-refractivity contribution < 1.29 is 14.1 Å². The van der Waals surface area contributed by atoms with Crippen LogP contribution in [0.2, 0.25) is 0 Å². The second-order valence-electron chi connectivity index (χ2n) is 4.56. The summed E-state index contributed by atoms with van der Waals surface area (Å²) in [5.41, 5.74) is 4.95. The third-order valence-electron chi connectivity index (χ3n) is 3.29. The molecule has 0 aromatic heterocycles. The Morgan fingerprint density at radius 2 is 2.32 bits per heavy atom. The normalized spacial score (nSPS) is 18.6. The summed E-state index contributed by atoms with van der Waals surface area (Å²) in [6.07, 6.45) is 0.769. The smallest absolute Gasteiger partial charge is 0.282 e. The van der Waals surface area contributed by atoms with Gasteiger partial charge in [-0.2, -0.15) is 0 Å². The van der Waals surface area contributed by atoms with Crippen molar-refractivity contribution in [3.05, 3.63) is 39.7 Å². The highest BCUT2D eigenvalue weighted by Crippen LogP contribution is 2.24. The van der Waals surface area contributed by atoms with E-state index in [4.69, 9.17) is 5.73 Å². The Morgan fingerprint density at radius 1 is 1.58 bits per heavy atom. The van der Waals surface area contributed by atoms with Gasteiger partial charge in [-0.1, -0.05) is 0 Å². The molecule has 19 heavy (non-hydrogen) atoms. The lowest BCUT2D eigenvalue weighted by atomic mass is 10.1. The molecule has 102 valence electrons. The highest BCUT2D eigenvalue weighted by atomic mass is 19.1. The number of halogens is 1. The molecule has 1 atom stereocenters. The molecular weight excluding hydrogens is 253 g/mol. The molecule has 0 spiro atoms. The SMILES string of the molecule is NCC1CCN(C(=O)c2cc(F)ccc2[N+](=O)[O-])C1. The largest absolute Gasteiger partial charge is 0.338 e. The fourth-order valence-electron chi connectivity index (χ4n) is 2.22. The molecule has 1 fully saturated rings. The third kappa shape index (κ3) is 2.70. The Balaban J connectivity index is 2.28. The Hall–Kier alpha value is -2.02. The zero-order valence-corrected chi connectivity index (χ0v) is 10.2. The molecule has 0 aliphatic carbocycles. The van der Waals surface area contributed by atoms with Crippen LogP contribution in [-0.4, -0.2) is 35.4 Å². The van der Waals surface area contributed by atoms with Crippen LogP contribution in [0.15, 0.2) is 18.2 Å². The van der Waals surface area contributed by atoms with Crippen molar-refractivity contribution in [2.45, 2.75) is 6.42 Å². The van der Waals surface area contributed by atoms with E-state index in [1.807, 2.05) is 0 Å². The summed E-state index contributed by atoms with van der Waals surface area (Å²) in [4.78, 5) is 23.9. The summed E-state index contributed by atoms with van der Waals surface area (Å²) in [5, 5.41) is 10.9. The number of carbonyl (C=O) groups is 1. The number of nitrogens with two attached hydrogens (primary N) is 1. The molecule has 6 nitrogen and oxygen atoms in total. The van der Waals surface area contributed by atoms with Crippen LogP contribution in [0, 0.1) is 21.8 Å². The van der Waals surface area contributed by atoms with E-state index in [1.54, 1.807) is 0 Å². The van der Waals surface area contributed by atoms with Gasteiger partial charge in [-0.05, 0) is 31.0 Å². The van der Waals surface area contributed by atoms with Gasteiger partial charge in [0.15, 0.2) is 0 Å². The summed E-state index contributed by atoms with van der Waals surface area (Å²) < 4.78 is 13.2. The molecule has 0 radical (unpaired) electrons. The van der Waals surface area contributed by atoms with Gasteiger partial charge in [0.1, 0.15) is 11.4 Å². The summed E-state index contributed by atoms with van der Waals surface area (Å²) in [5.74, 6) is -0.970. The van der Waals surface area contributed by atoms with Gasteiger partial charge in [0.25, 0.3) is 11.6 Å². The summed E-state index contributed by atoms with van der Waals surface area (Å²) in [6.45, 7) is 1.42. The predicted octanol–water partition coefficient (Wildman–Crippen LogP) is 1.15. The summed E-state index contributed by atoms with van der Waals surface area (Å²) in [6, 6.07) is 2.90. The van der Waals surface area contributed by atoms with E-state index in [0.29, 0.717) is 19.6 Å². The van der Waals surface area contributed by atoms with E-state index >= 15 is 0 Å². The second kappa shape index (κ2) is 5.31. The monoisotopic (exact) mass is 267 g/mol. The maximum atomic E-state index is 13.2. The van der Waals surface area contributed by atoms with Gasteiger partial charge < -0.3 is 10.6 Å². The van der Waals surface area contributed by atoms with E-state index in [2.05, 4.69) is 0 Å². The molecule has 0 saturated carbocycles. The minimum absolute atomic E-state index is 0.205. The van der Waals surface area contributed by atoms with Crippen LogP contribution in [0.5, 0.6) is 0 Å². The first-order valence-corrected chi connectivity index (χ1v) is 5.96. The van der Waals surface area contributed by atoms with Gasteiger partial charge in [-0.15, -0.1) is 0 Å². The van der Waals surface area contributed by atoms with Gasteiger partial charge in [0.05, 0.1) is 4.92 Å². The van der Waals surface area contributed by atoms with Crippen molar-refractivity contribution in [2.75, 3.05) is 19.6 Å². The van der Waals surface area contributed by atoms with E-state index in [9.17, 15) is 19.3 Å². The van der Waals surface area contributed by atoms with Gasteiger partial charge in [0, 0.05) is 19.2 Å². The molecule has 1 heterocycles. The topological polar surface area (TPSA) is 89.5 Å². The number of rotatable bonds is 3. The molecule has 1 aliphatic heterocycles. The summed E-state index contributed by atoms with van der Waals surface area (Å²) in [7, 11) is 0. The Labute approximate surface area is 109 Å². The number of likely N-dealkylation sites (tertiary alicyclic amines) is 1. The minimum Gasteiger partial charge on any atom is -0.338 e. The zero-order valence-electron chi connectivity index (χ0n) is 10.2. The Morgan fingerprint density at radius 3 is 2.89 bits per heavy atom. The predicted molar refractivity (Wildman–Crippen MR) is 66.1 cm³/mol. The fraction of sp³-hybridized carbons (Fsp3) is 0.417. The molecule has 1 amide bonds. The van der Waals surface area contributed by atoms with Crippen LogP contribution in [0.3, 0.4) is 0 Å². The van der Waals surface area contributed by atoms with Gasteiger partial charge >= 0.3 is 0 Å². The standard InChI is InChI=1S/C12H14FN3O3/c13-9-1-2-11(16(18)19)10(5-9)12(17)15-4-3-8(6-14)7-15/h1-2,5,8H,3-4,6-7,14H2. The van der Waals surface area contributed by atoms with Crippen LogP contribution in [0.4, 0.5) is 10.1 Å². The molecule has 1 unspecified atom stereocenters. The number of nitro groups is 1. The Kier molecular flexibility index (Phi) is 3.75. The van der Waals surface area contributed by atoms with Gasteiger partial charge in [-0.25, -0.2) is 4.39 Å². The van der Waals surface area contributed by atoms with E-state index in [-0.39, 0.29) is 17.2 Å². The lowest BCUT2D eigenvalue weighted by Crippen LogP contribution is -2.30. The molecule has 1 aromatic carbocycles. The minimum atomic E-state index is -0.677. The molecule has 2 N–H and O–H groups in total. The molecule has 1 aliphatic rings. The number of nitrogens with zero attached hydrogens (tertiary/aromatic N) is 2. The molecule has 1 aromatic rings. The van der Waals surface area contributed by atoms with Gasteiger partial charge in [-0.3, -0.25) is 14.9 Å². The number of hydrogen-bond acceptors (Lipinski definition) is 4. The molecule has 7 heteroatoms. The Bertz CT molecular complexity index is 521. The van der Waals surface area contributed by atoms with Crippen molar-refractivity contribution in [2.24, 2.45) is 11.7 Å². The van der Waals surface area contributed by atoms with Crippen molar-refractivity contribution in [1.29, 1.82) is 0 Å². The van der Waals surface area contributed by atoms with Gasteiger partial charge in [0.2, 0.25) is 0 Å². The second-order valence-corrected chi connectivity index (χ2v) is 4.56. The highest BCUT2D eigenvalue weighted by molar-refractivity contribution is 5.98. The third-order valence-corrected chi connectivity index (χ3v) is 3.29. The first kappa shape index (κ1) is 13.4. The van der Waals surface area contributed by atoms with E-state index in [1.165, 1.54) is 4.90 Å². The molecule has 1 saturated heterocycles.